The molecule has 0 spiro atoms. The third-order valence-corrected chi connectivity index (χ3v) is 65.9. The first-order chi connectivity index (χ1) is 31.2. The number of hydrogen-bond acceptors (Lipinski definition) is 0. The van der Waals surface area contributed by atoms with Crippen molar-refractivity contribution in [2.75, 3.05) is 0 Å². The van der Waals surface area contributed by atoms with E-state index < -0.39 is 21.5 Å². The number of aryl methyl sites for hydroxylation is 2. The van der Waals surface area contributed by atoms with Crippen molar-refractivity contribution < 1.29 is 15.6 Å². The van der Waals surface area contributed by atoms with Gasteiger partial charge in [0, 0.05) is 0 Å². The van der Waals surface area contributed by atoms with E-state index >= 15 is 0 Å². The van der Waals surface area contributed by atoms with Crippen LogP contribution in [0.4, 0.5) is 0 Å². The van der Waals surface area contributed by atoms with Crippen LogP contribution in [-0.4, -0.2) is 5.92 Å². The minimum atomic E-state index is -5.40. The van der Waals surface area contributed by atoms with Crippen LogP contribution in [0, 0.1) is 0 Å². The van der Waals surface area contributed by atoms with Crippen molar-refractivity contribution in [1.29, 1.82) is 0 Å². The average Bonchev–Trinajstić information content (AvgIpc) is 3.96. The predicted molar refractivity (Wildman–Crippen MR) is 278 cm³/mol. The van der Waals surface area contributed by atoms with Gasteiger partial charge in [-0.05, 0) is 0 Å². The molecule has 0 saturated heterocycles. The third-order valence-electron chi connectivity index (χ3n) is 14.3. The van der Waals surface area contributed by atoms with Crippen LogP contribution in [-0.2, 0) is 28.4 Å². The maximum atomic E-state index is 9.24. The molecule has 4 heteroatoms. The van der Waals surface area contributed by atoms with Gasteiger partial charge in [-0.3, -0.25) is 0 Å². The zero-order valence-corrected chi connectivity index (χ0v) is 42.2. The molecule has 8 aromatic carbocycles. The summed E-state index contributed by atoms with van der Waals surface area (Å²) >= 11 is -5.40. The summed E-state index contributed by atoms with van der Waals surface area (Å²) in [4.78, 5) is 0. The first kappa shape index (κ1) is 42.8. The van der Waals surface area contributed by atoms with Gasteiger partial charge in [-0.1, -0.05) is 0 Å². The molecule has 2 unspecified atom stereocenters. The fourth-order valence-corrected chi connectivity index (χ4v) is 41.2. The molecule has 315 valence electrons. The zero-order valence-electron chi connectivity index (χ0n) is 37.0. The molecule has 64 heavy (non-hydrogen) atoms. The van der Waals surface area contributed by atoms with Crippen LogP contribution < -0.4 is 0 Å². The van der Waals surface area contributed by atoms with Gasteiger partial charge in [0.1, 0.15) is 0 Å². The van der Waals surface area contributed by atoms with E-state index in [1.807, 2.05) is 0 Å². The first-order valence-corrected chi connectivity index (χ1v) is 39.3. The molecule has 2 atom stereocenters. The summed E-state index contributed by atoms with van der Waals surface area (Å²) in [6, 6.07) is 71.2. The van der Waals surface area contributed by atoms with E-state index in [-0.39, 0.29) is 7.25 Å². The third kappa shape index (κ3) is 7.05. The van der Waals surface area contributed by atoms with Gasteiger partial charge in [0.15, 0.2) is 0 Å². The van der Waals surface area contributed by atoms with Gasteiger partial charge < -0.3 is 0 Å². The Labute approximate surface area is 388 Å². The molecular weight excluding hydrogens is 911 g/mol. The van der Waals surface area contributed by atoms with E-state index in [2.05, 4.69) is 233 Å². The molecule has 0 radical (unpaired) electrons. The molecule has 10 rings (SSSR count). The number of hydrogen-bond donors (Lipinski definition) is 0. The molecule has 0 saturated carbocycles. The molecule has 8 aromatic rings. The molecule has 0 nitrogen and oxygen atoms in total. The van der Waals surface area contributed by atoms with Crippen LogP contribution in [0.2, 0.25) is 13.1 Å². The van der Waals surface area contributed by atoms with E-state index in [0.29, 0.717) is 0 Å². The number of benzene rings is 8. The van der Waals surface area contributed by atoms with Gasteiger partial charge in [-0.25, -0.2) is 0 Å². The summed E-state index contributed by atoms with van der Waals surface area (Å²) in [5, 5.41) is 0. The SMILES string of the molecule is CCc1ccc2c(c1-c1ccccc1-c1ccccc1)C=C(c1ccccc1)[CH]2[Zr]([Cl])([Cl])([CH]1C(c2ccccc2)=Cc2c1ccc(CC)c2-c1ccccc1-c1ccccc1)[SiH](C)C. The number of rotatable bonds is 11. The van der Waals surface area contributed by atoms with Crippen molar-refractivity contribution in [3.63, 3.8) is 0 Å². The number of allylic oxidation sites excluding steroid dienone is 2. The Morgan fingerprint density at radius 2 is 0.703 bits per heavy atom. The molecule has 0 heterocycles. The second kappa shape index (κ2) is 17.4. The van der Waals surface area contributed by atoms with E-state index in [4.69, 9.17) is 0 Å². The summed E-state index contributed by atoms with van der Waals surface area (Å²) in [6.45, 7) is 9.49. The number of halogens is 2. The Balaban J connectivity index is 1.28. The second-order valence-electron chi connectivity index (χ2n) is 17.9. The molecule has 0 N–H and O–H groups in total. The van der Waals surface area contributed by atoms with Crippen LogP contribution in [0.25, 0.3) is 67.8 Å². The summed E-state index contributed by atoms with van der Waals surface area (Å²) < 4.78 is -0.285. The molecule has 0 aromatic heterocycles. The summed E-state index contributed by atoms with van der Waals surface area (Å²) in [7, 11) is 18.5. The van der Waals surface area contributed by atoms with E-state index in [1.54, 1.807) is 0 Å². The molecule has 0 bridgehead atoms. The quantitative estimate of drug-likeness (QED) is 0.113. The van der Waals surface area contributed by atoms with Gasteiger partial charge in [0.2, 0.25) is 0 Å². The number of fused-ring (bicyclic) bond motifs is 2. The summed E-state index contributed by atoms with van der Waals surface area (Å²) in [5.74, 6) is -1.94. The van der Waals surface area contributed by atoms with Crippen LogP contribution in [0.15, 0.2) is 194 Å². The fraction of sp³-hybridized carbons (Fsp3) is 0.133. The molecular formula is C60H53Cl2SiZr. The average molecular weight is 964 g/mol. The summed E-state index contributed by atoms with van der Waals surface area (Å²) in [6.07, 6.45) is 6.82. The van der Waals surface area contributed by atoms with Crippen molar-refractivity contribution >= 4 is 46.2 Å². The van der Waals surface area contributed by atoms with E-state index in [1.165, 1.54) is 100 Å². The summed E-state index contributed by atoms with van der Waals surface area (Å²) in [5.41, 5.74) is 22.7. The van der Waals surface area contributed by atoms with Crippen molar-refractivity contribution in [2.45, 2.75) is 47.0 Å². The van der Waals surface area contributed by atoms with E-state index in [9.17, 15) is 17.0 Å². The van der Waals surface area contributed by atoms with Crippen LogP contribution >= 0.6 is 17.0 Å². The molecule has 0 amide bonds. The second-order valence-corrected chi connectivity index (χ2v) is 60.4. The van der Waals surface area contributed by atoms with Gasteiger partial charge >= 0.3 is 392 Å². The van der Waals surface area contributed by atoms with Gasteiger partial charge in [-0.15, -0.1) is 0 Å². The Morgan fingerprint density at radius 3 is 1.03 bits per heavy atom. The van der Waals surface area contributed by atoms with Crippen molar-refractivity contribution in [2.24, 2.45) is 0 Å². The minimum absolute atomic E-state index is 0.142. The Hall–Kier alpha value is -5.08. The van der Waals surface area contributed by atoms with Crippen molar-refractivity contribution in [3.8, 4) is 44.5 Å². The topological polar surface area (TPSA) is 0 Å². The predicted octanol–water partition coefficient (Wildman–Crippen LogP) is 17.4. The standard InChI is InChI=1S/2C29H23.C2H7Si.2ClH.Zr/c2*1-2-21-17-18-24-19-25(22-11-5-3-6-12-22)20-28(24)29(21)27-16-10-9-15-26(27)23-13-7-4-8-14-23;1-3-2;;;/h2*3-20H,2H2,1H3;3H,1-2H3;2*1H;/q;;;;;+2/p-2. The van der Waals surface area contributed by atoms with Crippen LogP contribution in [0.1, 0.15) is 65.6 Å². The van der Waals surface area contributed by atoms with Gasteiger partial charge in [-0.2, -0.15) is 0 Å². The van der Waals surface area contributed by atoms with Gasteiger partial charge in [0.25, 0.3) is 0 Å². The monoisotopic (exact) mass is 961 g/mol. The van der Waals surface area contributed by atoms with Crippen molar-refractivity contribution in [1.82, 2.24) is 0 Å². The zero-order chi connectivity index (χ0) is 44.0. The Morgan fingerprint density at radius 1 is 0.391 bits per heavy atom. The Kier molecular flexibility index (Phi) is 11.6. The van der Waals surface area contributed by atoms with E-state index in [0.717, 1.165) is 12.8 Å². The van der Waals surface area contributed by atoms with Crippen LogP contribution in [0.3, 0.4) is 0 Å². The first-order valence-electron chi connectivity index (χ1n) is 22.9. The molecule has 0 aliphatic heterocycles. The molecule has 0 fully saturated rings. The molecule has 2 aliphatic carbocycles. The van der Waals surface area contributed by atoms with Crippen LogP contribution in [0.5, 0.6) is 0 Å². The normalized spacial score (nSPS) is 16.1. The Bertz CT molecular complexity index is 2880. The maximum absolute atomic E-state index is 9.24. The van der Waals surface area contributed by atoms with Gasteiger partial charge in [0.05, 0.1) is 0 Å². The molecule has 2 aliphatic rings. The fourth-order valence-electron chi connectivity index (χ4n) is 11.1. The van der Waals surface area contributed by atoms with Crippen molar-refractivity contribution in [3.05, 3.63) is 239 Å².